The summed E-state index contributed by atoms with van der Waals surface area (Å²) in [5, 5.41) is 0. The van der Waals surface area contributed by atoms with E-state index in [2.05, 4.69) is 48.9 Å². The lowest BCUT2D eigenvalue weighted by molar-refractivity contribution is 0.387. The van der Waals surface area contributed by atoms with Crippen molar-refractivity contribution in [3.8, 4) is 0 Å². The monoisotopic (exact) mass is 246 g/mol. The Morgan fingerprint density at radius 3 is 2.56 bits per heavy atom. The third-order valence-electron chi connectivity index (χ3n) is 4.08. The second-order valence-electron chi connectivity index (χ2n) is 5.38. The molecule has 2 heteroatoms. The molecule has 0 saturated heterocycles. The van der Waals surface area contributed by atoms with Gasteiger partial charge >= 0.3 is 0 Å². The molecule has 0 aromatic carbocycles. The van der Waals surface area contributed by atoms with Gasteiger partial charge in [0.2, 0.25) is 0 Å². The first kappa shape index (κ1) is 13.4. The maximum atomic E-state index is 4.57. The maximum absolute atomic E-state index is 4.57. The lowest BCUT2D eigenvalue weighted by atomic mass is 9.85. The predicted octanol–water partition coefficient (Wildman–Crippen LogP) is 3.80. The Labute approximate surface area is 111 Å². The van der Waals surface area contributed by atoms with E-state index < -0.39 is 0 Å². The van der Waals surface area contributed by atoms with Gasteiger partial charge in [-0.2, -0.15) is 0 Å². The Morgan fingerprint density at radius 2 is 1.94 bits per heavy atom. The molecule has 2 atom stereocenters. The van der Waals surface area contributed by atoms with Gasteiger partial charge in [0.15, 0.2) is 0 Å². The Bertz CT molecular complexity index is 348. The van der Waals surface area contributed by atoms with Crippen molar-refractivity contribution in [2.24, 2.45) is 10.9 Å². The number of rotatable bonds is 6. The van der Waals surface area contributed by atoms with Gasteiger partial charge < -0.3 is 4.90 Å². The highest BCUT2D eigenvalue weighted by atomic mass is 15.2. The van der Waals surface area contributed by atoms with E-state index in [0.717, 1.165) is 12.5 Å². The number of allylic oxidation sites excluding steroid dienone is 2. The summed E-state index contributed by atoms with van der Waals surface area (Å²) in [7, 11) is 0. The highest BCUT2D eigenvalue weighted by Gasteiger charge is 2.29. The fraction of sp³-hybridized carbons (Fsp3) is 0.688. The highest BCUT2D eigenvalue weighted by molar-refractivity contribution is 5.61. The number of hydrogen-bond donors (Lipinski definition) is 0. The number of aliphatic imine (C=N–C) groups is 1. The molecule has 0 aromatic rings. The van der Waals surface area contributed by atoms with E-state index in [4.69, 9.17) is 0 Å². The van der Waals surface area contributed by atoms with Crippen LogP contribution in [0, 0.1) is 5.92 Å². The summed E-state index contributed by atoms with van der Waals surface area (Å²) in [4.78, 5) is 6.92. The third kappa shape index (κ3) is 2.68. The quantitative estimate of drug-likeness (QED) is 0.696. The van der Waals surface area contributed by atoms with Crippen LogP contribution >= 0.6 is 0 Å². The lowest BCUT2D eigenvalue weighted by Gasteiger charge is -2.28. The van der Waals surface area contributed by atoms with Crippen LogP contribution in [-0.4, -0.2) is 29.9 Å². The van der Waals surface area contributed by atoms with Crippen LogP contribution < -0.4 is 0 Å². The minimum absolute atomic E-state index is 0.359. The molecule has 18 heavy (non-hydrogen) atoms. The lowest BCUT2D eigenvalue weighted by Crippen LogP contribution is -2.35. The van der Waals surface area contributed by atoms with E-state index in [1.807, 2.05) is 6.34 Å². The van der Waals surface area contributed by atoms with Gasteiger partial charge in [-0.15, -0.1) is 0 Å². The Hall–Kier alpha value is -1.05. The van der Waals surface area contributed by atoms with E-state index in [1.54, 1.807) is 5.57 Å². The summed E-state index contributed by atoms with van der Waals surface area (Å²) in [6, 6.07) is 0.837. The van der Waals surface area contributed by atoms with Crippen molar-refractivity contribution in [3.63, 3.8) is 0 Å². The largest absolute Gasteiger partial charge is 0.354 e. The van der Waals surface area contributed by atoms with Crippen LogP contribution in [0.15, 0.2) is 28.8 Å². The normalized spacial score (nSPS) is 25.8. The van der Waals surface area contributed by atoms with Crippen LogP contribution in [0.4, 0.5) is 0 Å². The molecule has 0 bridgehead atoms. The molecular formula is C16H26N2. The second-order valence-corrected chi connectivity index (χ2v) is 5.38. The average molecular weight is 246 g/mol. The summed E-state index contributed by atoms with van der Waals surface area (Å²) in [6.45, 7) is 7.83. The van der Waals surface area contributed by atoms with E-state index in [0.29, 0.717) is 12.1 Å². The maximum Gasteiger partial charge on any atom is 0.0940 e. The van der Waals surface area contributed by atoms with Crippen LogP contribution in [0.1, 0.15) is 46.5 Å². The van der Waals surface area contributed by atoms with E-state index in [1.165, 1.54) is 25.7 Å². The van der Waals surface area contributed by atoms with Crippen molar-refractivity contribution in [3.05, 3.63) is 23.8 Å². The molecule has 1 aliphatic carbocycles. The molecule has 0 spiro atoms. The van der Waals surface area contributed by atoms with Crippen molar-refractivity contribution in [1.29, 1.82) is 0 Å². The molecule has 2 aliphatic rings. The molecule has 2 nitrogen and oxygen atoms in total. The van der Waals surface area contributed by atoms with Crippen molar-refractivity contribution in [2.45, 2.75) is 58.5 Å². The minimum atomic E-state index is 0.359. The topological polar surface area (TPSA) is 15.6 Å². The number of hydrogen-bond acceptors (Lipinski definition) is 2. The van der Waals surface area contributed by atoms with Gasteiger partial charge in [0.1, 0.15) is 0 Å². The molecular weight excluding hydrogens is 220 g/mol. The summed E-state index contributed by atoms with van der Waals surface area (Å²) >= 11 is 0. The predicted molar refractivity (Wildman–Crippen MR) is 79.0 cm³/mol. The molecule has 100 valence electrons. The summed E-state index contributed by atoms with van der Waals surface area (Å²) < 4.78 is 0. The first-order chi connectivity index (χ1) is 8.80. The molecule has 0 N–H and O–H groups in total. The molecule has 0 aromatic heterocycles. The molecule has 0 amide bonds. The molecule has 1 heterocycles. The van der Waals surface area contributed by atoms with Crippen LogP contribution in [-0.2, 0) is 0 Å². The third-order valence-corrected chi connectivity index (χ3v) is 4.08. The zero-order valence-electron chi connectivity index (χ0n) is 12.0. The first-order valence-electron chi connectivity index (χ1n) is 7.49. The molecule has 1 aliphatic heterocycles. The fourth-order valence-electron chi connectivity index (χ4n) is 3.08. The van der Waals surface area contributed by atoms with E-state index in [9.17, 15) is 0 Å². The van der Waals surface area contributed by atoms with Crippen molar-refractivity contribution < 1.29 is 0 Å². The fourth-order valence-corrected chi connectivity index (χ4v) is 3.08. The summed E-state index contributed by atoms with van der Waals surface area (Å²) in [6.07, 6.45) is 14.3. The van der Waals surface area contributed by atoms with Crippen molar-refractivity contribution in [2.75, 3.05) is 6.54 Å². The smallest absolute Gasteiger partial charge is 0.0940 e. The van der Waals surface area contributed by atoms with Gasteiger partial charge in [-0.05, 0) is 31.3 Å². The van der Waals surface area contributed by atoms with Crippen LogP contribution in [0.5, 0.6) is 0 Å². The van der Waals surface area contributed by atoms with E-state index >= 15 is 0 Å². The second kappa shape index (κ2) is 6.21. The standard InChI is InChI=1S/C16H26N2/c1-4-7-13(8-5-2)14-9-10-15-16(11-14)18(6-3)12-17-15/h9-13,15-16H,4-8H2,1-3H3. The summed E-state index contributed by atoms with van der Waals surface area (Å²) in [5.41, 5.74) is 1.55. The molecule has 0 radical (unpaired) electrons. The zero-order valence-corrected chi connectivity index (χ0v) is 12.0. The van der Waals surface area contributed by atoms with Gasteiger partial charge in [0.25, 0.3) is 0 Å². The molecule has 2 rings (SSSR count). The van der Waals surface area contributed by atoms with Crippen LogP contribution in [0.2, 0.25) is 0 Å². The number of nitrogens with zero attached hydrogens (tertiary/aromatic N) is 2. The van der Waals surface area contributed by atoms with Crippen LogP contribution in [0.3, 0.4) is 0 Å². The van der Waals surface area contributed by atoms with Gasteiger partial charge in [0.05, 0.1) is 18.4 Å². The van der Waals surface area contributed by atoms with Crippen LogP contribution in [0.25, 0.3) is 0 Å². The SMILES string of the molecule is CCCC(CCC)C1=CC2C(C=C1)N=CN2CC. The van der Waals surface area contributed by atoms with Gasteiger partial charge in [0, 0.05) is 6.54 Å². The Kier molecular flexibility index (Phi) is 4.62. The average Bonchev–Trinajstić information content (AvgIpc) is 2.80. The zero-order chi connectivity index (χ0) is 13.0. The number of fused-ring (bicyclic) bond motifs is 1. The molecule has 0 fully saturated rings. The van der Waals surface area contributed by atoms with Gasteiger partial charge in [-0.25, -0.2) is 0 Å². The minimum Gasteiger partial charge on any atom is -0.354 e. The molecule has 0 saturated carbocycles. The summed E-state index contributed by atoms with van der Waals surface area (Å²) in [5.74, 6) is 0.747. The Balaban J connectivity index is 2.11. The van der Waals surface area contributed by atoms with Gasteiger partial charge in [-0.3, -0.25) is 4.99 Å². The highest BCUT2D eigenvalue weighted by Crippen LogP contribution is 2.30. The Morgan fingerprint density at radius 1 is 1.22 bits per heavy atom. The van der Waals surface area contributed by atoms with E-state index in [-0.39, 0.29) is 0 Å². The first-order valence-corrected chi connectivity index (χ1v) is 7.49. The van der Waals surface area contributed by atoms with Gasteiger partial charge in [-0.1, -0.05) is 44.9 Å². The van der Waals surface area contributed by atoms with Crippen molar-refractivity contribution in [1.82, 2.24) is 4.90 Å². The number of likely N-dealkylation sites (N-methyl/N-ethyl adjacent to an activating group) is 1. The van der Waals surface area contributed by atoms with Crippen molar-refractivity contribution >= 4 is 6.34 Å². The molecule has 2 unspecified atom stereocenters.